The van der Waals surface area contributed by atoms with Gasteiger partial charge < -0.3 is 14.4 Å². The van der Waals surface area contributed by atoms with Gasteiger partial charge in [-0.1, -0.05) is 0 Å². The van der Waals surface area contributed by atoms with Gasteiger partial charge in [-0.25, -0.2) is 4.98 Å². The first-order valence-electron chi connectivity index (χ1n) is 7.60. The van der Waals surface area contributed by atoms with Crippen molar-refractivity contribution < 1.29 is 9.47 Å². The summed E-state index contributed by atoms with van der Waals surface area (Å²) in [6.45, 7) is 4.16. The van der Waals surface area contributed by atoms with Crippen LogP contribution in [0, 0.1) is 6.92 Å². The summed E-state index contributed by atoms with van der Waals surface area (Å²) < 4.78 is 10.4. The van der Waals surface area contributed by atoms with Crippen molar-refractivity contribution in [3.63, 3.8) is 0 Å². The molecule has 0 bridgehead atoms. The highest BCUT2D eigenvalue weighted by molar-refractivity contribution is 5.64. The van der Waals surface area contributed by atoms with E-state index in [-0.39, 0.29) is 6.01 Å². The van der Waals surface area contributed by atoms with E-state index >= 15 is 0 Å². The van der Waals surface area contributed by atoms with E-state index in [2.05, 4.69) is 38.2 Å². The third-order valence-corrected chi connectivity index (χ3v) is 4.23. The Hall–Kier alpha value is -2.28. The molecule has 2 aromatic heterocycles. The van der Waals surface area contributed by atoms with Gasteiger partial charge in [0.2, 0.25) is 5.88 Å². The van der Waals surface area contributed by atoms with Gasteiger partial charge in [0.15, 0.2) is 0 Å². The van der Waals surface area contributed by atoms with Crippen LogP contribution in [0.4, 0.5) is 0 Å². The van der Waals surface area contributed by atoms with Crippen molar-refractivity contribution in [2.45, 2.75) is 19.3 Å². The molecular formula is C16H21N5O2. The number of aromatic nitrogens is 4. The molecule has 3 heterocycles. The molecule has 0 spiro atoms. The summed E-state index contributed by atoms with van der Waals surface area (Å²) in [6.07, 6.45) is 2.80. The molecule has 0 saturated carbocycles. The summed E-state index contributed by atoms with van der Waals surface area (Å²) in [6, 6.07) is 2.35. The molecule has 2 aromatic rings. The smallest absolute Gasteiger partial charge is 0.319 e. The average Bonchev–Trinajstić information content (AvgIpc) is 3.01. The lowest BCUT2D eigenvalue weighted by molar-refractivity contribution is 0.353. The maximum Gasteiger partial charge on any atom is 0.319 e. The van der Waals surface area contributed by atoms with Crippen LogP contribution in [-0.4, -0.2) is 59.4 Å². The van der Waals surface area contributed by atoms with Gasteiger partial charge >= 0.3 is 6.01 Å². The Morgan fingerprint density at radius 3 is 2.70 bits per heavy atom. The molecule has 23 heavy (non-hydrogen) atoms. The zero-order valence-electron chi connectivity index (χ0n) is 13.9. The van der Waals surface area contributed by atoms with Gasteiger partial charge in [0, 0.05) is 12.7 Å². The largest absolute Gasteiger partial charge is 0.480 e. The molecule has 0 aromatic carbocycles. The second kappa shape index (κ2) is 6.45. The summed E-state index contributed by atoms with van der Waals surface area (Å²) >= 11 is 0. The van der Waals surface area contributed by atoms with Gasteiger partial charge in [0.1, 0.15) is 5.69 Å². The quantitative estimate of drug-likeness (QED) is 0.849. The minimum Gasteiger partial charge on any atom is -0.480 e. The van der Waals surface area contributed by atoms with Crippen LogP contribution >= 0.6 is 0 Å². The normalized spacial score (nSPS) is 18.2. The zero-order valence-corrected chi connectivity index (χ0v) is 13.9. The number of methoxy groups -OCH3 is 2. The summed E-state index contributed by atoms with van der Waals surface area (Å²) in [7, 11) is 5.24. The molecule has 0 radical (unpaired) electrons. The van der Waals surface area contributed by atoms with Crippen LogP contribution in [0.25, 0.3) is 11.3 Å². The Kier molecular flexibility index (Phi) is 4.38. The van der Waals surface area contributed by atoms with Crippen LogP contribution in [0.15, 0.2) is 12.3 Å². The molecule has 0 amide bonds. The third-order valence-electron chi connectivity index (χ3n) is 4.23. The Morgan fingerprint density at radius 1 is 1.22 bits per heavy atom. The van der Waals surface area contributed by atoms with E-state index in [0.29, 0.717) is 17.4 Å². The number of nitrogens with zero attached hydrogens (tertiary/aromatic N) is 5. The topological polar surface area (TPSA) is 73.3 Å². The van der Waals surface area contributed by atoms with Crippen LogP contribution in [0.2, 0.25) is 0 Å². The van der Waals surface area contributed by atoms with Gasteiger partial charge in [-0.2, -0.15) is 10.1 Å². The monoisotopic (exact) mass is 315 g/mol. The van der Waals surface area contributed by atoms with E-state index in [4.69, 9.17) is 9.47 Å². The fourth-order valence-electron chi connectivity index (χ4n) is 2.98. The predicted octanol–water partition coefficient (Wildman–Crippen LogP) is 1.68. The van der Waals surface area contributed by atoms with Gasteiger partial charge in [-0.15, -0.1) is 5.10 Å². The van der Waals surface area contributed by atoms with Crippen molar-refractivity contribution >= 4 is 0 Å². The fourth-order valence-corrected chi connectivity index (χ4v) is 2.98. The number of likely N-dealkylation sites (tertiary alicyclic amines) is 1. The van der Waals surface area contributed by atoms with Crippen LogP contribution < -0.4 is 9.47 Å². The van der Waals surface area contributed by atoms with Gasteiger partial charge in [0.25, 0.3) is 0 Å². The number of aryl methyl sites for hydroxylation is 1. The van der Waals surface area contributed by atoms with Gasteiger partial charge in [-0.3, -0.25) is 0 Å². The molecule has 1 saturated heterocycles. The van der Waals surface area contributed by atoms with Crippen LogP contribution in [0.3, 0.4) is 0 Å². The van der Waals surface area contributed by atoms with Crippen molar-refractivity contribution in [2.24, 2.45) is 0 Å². The SMILES string of the molecule is COc1ncc(-c2cc(C3CCN(C)C3)c(C)nn2)c(OC)n1. The lowest BCUT2D eigenvalue weighted by Gasteiger charge is -2.14. The standard InChI is InChI=1S/C16H21N5O2/c1-10-12(11-5-6-21(2)9-11)7-14(20-19-10)13-8-17-16(23-4)18-15(13)22-3/h7-8,11H,5-6,9H2,1-4H3. The minimum absolute atomic E-state index is 0.267. The van der Waals surface area contributed by atoms with E-state index in [1.165, 1.54) is 12.7 Å². The van der Waals surface area contributed by atoms with Crippen LogP contribution in [0.1, 0.15) is 23.6 Å². The van der Waals surface area contributed by atoms with E-state index in [1.807, 2.05) is 6.92 Å². The first kappa shape index (κ1) is 15.6. The van der Waals surface area contributed by atoms with Gasteiger partial charge in [-0.05, 0) is 44.5 Å². The van der Waals surface area contributed by atoms with E-state index in [0.717, 1.165) is 30.9 Å². The number of likely N-dealkylation sites (N-methyl/N-ethyl adjacent to an activating group) is 1. The molecule has 7 heteroatoms. The summed E-state index contributed by atoms with van der Waals surface area (Å²) in [5.41, 5.74) is 3.65. The predicted molar refractivity (Wildman–Crippen MR) is 85.8 cm³/mol. The summed E-state index contributed by atoms with van der Waals surface area (Å²) in [5, 5.41) is 8.63. The molecule has 0 N–H and O–H groups in total. The molecule has 3 rings (SSSR count). The highest BCUT2D eigenvalue weighted by Crippen LogP contribution is 2.32. The Morgan fingerprint density at radius 2 is 2.04 bits per heavy atom. The molecule has 1 aliphatic rings. The molecule has 122 valence electrons. The number of rotatable bonds is 4. The van der Waals surface area contributed by atoms with Crippen LogP contribution in [0.5, 0.6) is 11.9 Å². The number of hydrogen-bond acceptors (Lipinski definition) is 7. The van der Waals surface area contributed by atoms with Crippen molar-refractivity contribution in [1.82, 2.24) is 25.1 Å². The second-order valence-corrected chi connectivity index (χ2v) is 5.80. The summed E-state index contributed by atoms with van der Waals surface area (Å²) in [4.78, 5) is 10.7. The van der Waals surface area contributed by atoms with Crippen molar-refractivity contribution in [2.75, 3.05) is 34.4 Å². The molecular weight excluding hydrogens is 294 g/mol. The number of hydrogen-bond donors (Lipinski definition) is 0. The number of ether oxygens (including phenoxy) is 2. The molecule has 0 aliphatic carbocycles. The van der Waals surface area contributed by atoms with Crippen LogP contribution in [-0.2, 0) is 0 Å². The molecule has 1 fully saturated rings. The Labute approximate surface area is 135 Å². The molecule has 1 aliphatic heterocycles. The summed E-state index contributed by atoms with van der Waals surface area (Å²) in [5.74, 6) is 0.920. The lowest BCUT2D eigenvalue weighted by atomic mass is 9.96. The third kappa shape index (κ3) is 3.10. The second-order valence-electron chi connectivity index (χ2n) is 5.80. The highest BCUT2D eigenvalue weighted by atomic mass is 16.5. The highest BCUT2D eigenvalue weighted by Gasteiger charge is 2.24. The lowest BCUT2D eigenvalue weighted by Crippen LogP contribution is -2.14. The minimum atomic E-state index is 0.267. The zero-order chi connectivity index (χ0) is 16.4. The van der Waals surface area contributed by atoms with E-state index in [1.54, 1.807) is 13.3 Å². The maximum atomic E-state index is 5.35. The van der Waals surface area contributed by atoms with Gasteiger partial charge in [0.05, 0.1) is 25.5 Å². The molecule has 1 atom stereocenters. The van der Waals surface area contributed by atoms with Crippen molar-refractivity contribution in [3.8, 4) is 23.1 Å². The fraction of sp³-hybridized carbons (Fsp3) is 0.500. The molecule has 1 unspecified atom stereocenters. The molecule has 7 nitrogen and oxygen atoms in total. The Bertz CT molecular complexity index is 707. The van der Waals surface area contributed by atoms with Crippen molar-refractivity contribution in [1.29, 1.82) is 0 Å². The van der Waals surface area contributed by atoms with E-state index < -0.39 is 0 Å². The first-order chi connectivity index (χ1) is 11.1. The Balaban J connectivity index is 2.01. The van der Waals surface area contributed by atoms with E-state index in [9.17, 15) is 0 Å². The average molecular weight is 315 g/mol. The maximum absolute atomic E-state index is 5.35. The van der Waals surface area contributed by atoms with Crippen molar-refractivity contribution in [3.05, 3.63) is 23.5 Å². The first-order valence-corrected chi connectivity index (χ1v) is 7.60.